The molecule has 1 amide bonds. The number of carbonyl (C=O) groups excluding carboxylic acids is 1. The van der Waals surface area contributed by atoms with Crippen LogP contribution >= 0.6 is 10.7 Å². The van der Waals surface area contributed by atoms with E-state index in [0.29, 0.717) is 23.6 Å². The summed E-state index contributed by atoms with van der Waals surface area (Å²) in [5, 5.41) is 2.90. The van der Waals surface area contributed by atoms with Crippen molar-refractivity contribution in [3.63, 3.8) is 0 Å². The molecular weight excluding hydrogens is 310 g/mol. The predicted molar refractivity (Wildman–Crippen MR) is 83.1 cm³/mol. The van der Waals surface area contributed by atoms with Crippen molar-refractivity contribution in [1.29, 1.82) is 0 Å². The fourth-order valence-corrected chi connectivity index (χ4v) is 3.61. The Balaban J connectivity index is 2.06. The third kappa shape index (κ3) is 4.71. The molecule has 1 aliphatic carbocycles. The molecule has 0 heterocycles. The van der Waals surface area contributed by atoms with Crippen LogP contribution in [0.1, 0.15) is 48.0 Å². The number of aryl methyl sites for hydroxylation is 1. The molecule has 0 unspecified atom stereocenters. The lowest BCUT2D eigenvalue weighted by molar-refractivity contribution is 0.0943. The Kier molecular flexibility index (Phi) is 5.27. The molecule has 0 spiro atoms. The van der Waals surface area contributed by atoms with Crippen molar-refractivity contribution in [3.05, 3.63) is 29.3 Å². The number of hydrogen-bond donors (Lipinski definition) is 1. The molecule has 1 N–H and O–H groups in total. The third-order valence-corrected chi connectivity index (χ3v) is 5.20. The van der Waals surface area contributed by atoms with Crippen molar-refractivity contribution in [1.82, 2.24) is 5.32 Å². The zero-order valence-electron chi connectivity index (χ0n) is 12.1. The lowest BCUT2D eigenvalue weighted by Crippen LogP contribution is -2.30. The van der Waals surface area contributed by atoms with Crippen LogP contribution in [-0.4, -0.2) is 20.9 Å². The second-order valence-electron chi connectivity index (χ2n) is 5.69. The van der Waals surface area contributed by atoms with E-state index in [2.05, 4.69) is 5.32 Å². The summed E-state index contributed by atoms with van der Waals surface area (Å²) in [6, 6.07) is 4.45. The molecule has 1 aromatic carbocycles. The maximum absolute atomic E-state index is 12.2. The SMILES string of the molecule is Cc1cc(C(=O)NCC2CCCCC2)cc(S(=O)(=O)Cl)c1. The quantitative estimate of drug-likeness (QED) is 0.862. The first-order chi connectivity index (χ1) is 9.86. The van der Waals surface area contributed by atoms with E-state index in [0.717, 1.165) is 12.8 Å². The summed E-state index contributed by atoms with van der Waals surface area (Å²) < 4.78 is 22.8. The molecule has 0 atom stereocenters. The minimum atomic E-state index is -3.82. The van der Waals surface area contributed by atoms with Crippen LogP contribution in [0.2, 0.25) is 0 Å². The number of carbonyl (C=O) groups is 1. The molecular formula is C15H20ClNO3S. The summed E-state index contributed by atoms with van der Waals surface area (Å²) in [6.07, 6.45) is 6.02. The first-order valence-electron chi connectivity index (χ1n) is 7.21. The summed E-state index contributed by atoms with van der Waals surface area (Å²) in [7, 11) is 1.52. The van der Waals surface area contributed by atoms with E-state index in [4.69, 9.17) is 10.7 Å². The van der Waals surface area contributed by atoms with E-state index in [1.54, 1.807) is 13.0 Å². The van der Waals surface area contributed by atoms with Crippen LogP contribution in [-0.2, 0) is 9.05 Å². The van der Waals surface area contributed by atoms with Gasteiger partial charge < -0.3 is 5.32 Å². The average Bonchev–Trinajstić information content (AvgIpc) is 2.44. The van der Waals surface area contributed by atoms with Crippen LogP contribution in [0, 0.1) is 12.8 Å². The second kappa shape index (κ2) is 6.79. The lowest BCUT2D eigenvalue weighted by Gasteiger charge is -2.21. The van der Waals surface area contributed by atoms with Gasteiger partial charge in [0, 0.05) is 22.8 Å². The standard InChI is InChI=1S/C15H20ClNO3S/c1-11-7-13(9-14(8-11)21(16,19)20)15(18)17-10-12-5-3-2-4-6-12/h7-9,12H,2-6,10H2,1H3,(H,17,18). The Labute approximate surface area is 130 Å². The summed E-state index contributed by atoms with van der Waals surface area (Å²) in [5.74, 6) is 0.287. The fourth-order valence-electron chi connectivity index (χ4n) is 2.75. The van der Waals surface area contributed by atoms with E-state index < -0.39 is 9.05 Å². The van der Waals surface area contributed by atoms with E-state index in [1.165, 1.54) is 31.4 Å². The summed E-state index contributed by atoms with van der Waals surface area (Å²) >= 11 is 0. The number of benzene rings is 1. The van der Waals surface area contributed by atoms with Crippen molar-refractivity contribution in [2.24, 2.45) is 5.92 Å². The van der Waals surface area contributed by atoms with Crippen LogP contribution in [0.3, 0.4) is 0 Å². The van der Waals surface area contributed by atoms with Crippen LogP contribution in [0.4, 0.5) is 0 Å². The Morgan fingerprint density at radius 3 is 2.52 bits per heavy atom. The topological polar surface area (TPSA) is 63.2 Å². The van der Waals surface area contributed by atoms with Gasteiger partial charge in [-0.25, -0.2) is 8.42 Å². The van der Waals surface area contributed by atoms with Gasteiger partial charge in [0.05, 0.1) is 4.90 Å². The monoisotopic (exact) mass is 329 g/mol. The van der Waals surface area contributed by atoms with Crippen LogP contribution in [0.15, 0.2) is 23.1 Å². The van der Waals surface area contributed by atoms with E-state index in [-0.39, 0.29) is 10.8 Å². The summed E-state index contributed by atoms with van der Waals surface area (Å²) in [5.41, 5.74) is 1.03. The van der Waals surface area contributed by atoms with Gasteiger partial charge in [-0.15, -0.1) is 0 Å². The van der Waals surface area contributed by atoms with Gasteiger partial charge in [-0.1, -0.05) is 19.3 Å². The molecule has 21 heavy (non-hydrogen) atoms. The van der Waals surface area contributed by atoms with Crippen molar-refractivity contribution in [2.45, 2.75) is 43.9 Å². The zero-order valence-corrected chi connectivity index (χ0v) is 13.6. The first-order valence-corrected chi connectivity index (χ1v) is 9.52. The van der Waals surface area contributed by atoms with Crippen molar-refractivity contribution in [2.75, 3.05) is 6.54 Å². The maximum atomic E-state index is 12.2. The highest BCUT2D eigenvalue weighted by atomic mass is 35.7. The maximum Gasteiger partial charge on any atom is 0.261 e. The molecule has 1 saturated carbocycles. The van der Waals surface area contributed by atoms with Crippen LogP contribution < -0.4 is 5.32 Å². The van der Waals surface area contributed by atoms with E-state index >= 15 is 0 Å². The molecule has 0 saturated heterocycles. The van der Waals surface area contributed by atoms with Crippen molar-refractivity contribution in [3.8, 4) is 0 Å². The van der Waals surface area contributed by atoms with Gasteiger partial charge in [0.15, 0.2) is 0 Å². The van der Waals surface area contributed by atoms with Gasteiger partial charge in [-0.3, -0.25) is 4.79 Å². The molecule has 1 aromatic rings. The summed E-state index contributed by atoms with van der Waals surface area (Å²) in [4.78, 5) is 12.1. The van der Waals surface area contributed by atoms with Crippen molar-refractivity contribution < 1.29 is 13.2 Å². The van der Waals surface area contributed by atoms with E-state index in [1.807, 2.05) is 0 Å². The highest BCUT2D eigenvalue weighted by Crippen LogP contribution is 2.23. The smallest absolute Gasteiger partial charge is 0.261 e. The molecule has 116 valence electrons. The number of rotatable bonds is 4. The van der Waals surface area contributed by atoms with Gasteiger partial charge in [-0.05, 0) is 49.4 Å². The van der Waals surface area contributed by atoms with Gasteiger partial charge in [-0.2, -0.15) is 0 Å². The molecule has 1 aliphatic rings. The molecule has 6 heteroatoms. The Bertz CT molecular complexity index is 622. The van der Waals surface area contributed by atoms with Gasteiger partial charge in [0.2, 0.25) is 0 Å². The molecule has 1 fully saturated rings. The van der Waals surface area contributed by atoms with Crippen LogP contribution in [0.25, 0.3) is 0 Å². The molecule has 0 radical (unpaired) electrons. The number of halogens is 1. The lowest BCUT2D eigenvalue weighted by atomic mass is 9.89. The third-order valence-electron chi connectivity index (χ3n) is 3.87. The minimum Gasteiger partial charge on any atom is -0.352 e. The predicted octanol–water partition coefficient (Wildman–Crippen LogP) is 3.23. The van der Waals surface area contributed by atoms with Gasteiger partial charge >= 0.3 is 0 Å². The number of hydrogen-bond acceptors (Lipinski definition) is 3. The molecule has 0 bridgehead atoms. The molecule has 0 aromatic heterocycles. The Morgan fingerprint density at radius 1 is 1.24 bits per heavy atom. The van der Waals surface area contributed by atoms with Crippen LogP contribution in [0.5, 0.6) is 0 Å². The summed E-state index contributed by atoms with van der Waals surface area (Å²) in [6.45, 7) is 2.39. The van der Waals surface area contributed by atoms with Gasteiger partial charge in [0.25, 0.3) is 15.0 Å². The Morgan fingerprint density at radius 2 is 1.90 bits per heavy atom. The second-order valence-corrected chi connectivity index (χ2v) is 8.25. The fraction of sp³-hybridized carbons (Fsp3) is 0.533. The number of amides is 1. The first kappa shape index (κ1) is 16.3. The Hall–Kier alpha value is -1.07. The minimum absolute atomic E-state index is 0.0352. The largest absolute Gasteiger partial charge is 0.352 e. The highest BCUT2D eigenvalue weighted by molar-refractivity contribution is 8.13. The number of nitrogens with one attached hydrogen (secondary N) is 1. The zero-order chi connectivity index (χ0) is 15.5. The molecule has 4 nitrogen and oxygen atoms in total. The molecule has 0 aliphatic heterocycles. The normalized spacial score (nSPS) is 16.7. The van der Waals surface area contributed by atoms with E-state index in [9.17, 15) is 13.2 Å². The highest BCUT2D eigenvalue weighted by Gasteiger charge is 2.17. The van der Waals surface area contributed by atoms with Crippen molar-refractivity contribution >= 4 is 25.6 Å². The average molecular weight is 330 g/mol. The molecule has 2 rings (SSSR count). The van der Waals surface area contributed by atoms with Gasteiger partial charge in [0.1, 0.15) is 0 Å².